The van der Waals surface area contributed by atoms with Crippen LogP contribution in [0.25, 0.3) is 11.3 Å². The molecule has 0 saturated carbocycles. The van der Waals surface area contributed by atoms with Crippen LogP contribution in [0.4, 0.5) is 10.8 Å². The van der Waals surface area contributed by atoms with Crippen molar-refractivity contribution in [2.45, 2.75) is 54.4 Å². The molecule has 0 spiro atoms. The van der Waals surface area contributed by atoms with E-state index >= 15 is 0 Å². The summed E-state index contributed by atoms with van der Waals surface area (Å²) in [6.45, 7) is 15.0. The first kappa shape index (κ1) is 21.4. The quantitative estimate of drug-likeness (QED) is 0.599. The molecule has 1 aromatic carbocycles. The van der Waals surface area contributed by atoms with Crippen molar-refractivity contribution in [1.29, 1.82) is 0 Å². The van der Waals surface area contributed by atoms with Crippen LogP contribution in [0, 0.1) is 11.3 Å². The second kappa shape index (κ2) is 9.36. The summed E-state index contributed by atoms with van der Waals surface area (Å²) in [5, 5.41) is 6.17. The third-order valence-electron chi connectivity index (χ3n) is 4.46. The number of rotatable bonds is 8. The Hall–Kier alpha value is -1.88. The molecule has 0 radical (unpaired) electrons. The summed E-state index contributed by atoms with van der Waals surface area (Å²) < 4.78 is 0. The number of benzene rings is 1. The lowest BCUT2D eigenvalue weighted by Crippen LogP contribution is -2.21. The van der Waals surface area contributed by atoms with Gasteiger partial charge in [-0.05, 0) is 43.7 Å². The van der Waals surface area contributed by atoms with Gasteiger partial charge in [-0.25, -0.2) is 4.98 Å². The van der Waals surface area contributed by atoms with E-state index in [4.69, 9.17) is 4.98 Å². The van der Waals surface area contributed by atoms with Gasteiger partial charge in [0.25, 0.3) is 0 Å². The van der Waals surface area contributed by atoms with Crippen molar-refractivity contribution in [1.82, 2.24) is 4.98 Å². The van der Waals surface area contributed by atoms with Crippen molar-refractivity contribution in [3.8, 4) is 11.3 Å². The molecule has 4 nitrogen and oxygen atoms in total. The standard InChI is InChI=1S/C22H33N3OS/c1-7-25(8-2)21-24-19(15-27-21)17-10-9-11-18(13-17)23-20(26)12-16(3)14-22(4,5)6/h9-11,13,15-16H,7-8,12,14H2,1-6H3,(H,23,26)/t16-/m1/s1. The number of carbonyl (C=O) groups is 1. The van der Waals surface area contributed by atoms with E-state index in [0.29, 0.717) is 12.3 Å². The summed E-state index contributed by atoms with van der Waals surface area (Å²) in [4.78, 5) is 19.4. The third kappa shape index (κ3) is 6.65. The van der Waals surface area contributed by atoms with E-state index in [-0.39, 0.29) is 11.3 Å². The van der Waals surface area contributed by atoms with Gasteiger partial charge in [-0.1, -0.05) is 39.8 Å². The fraction of sp³-hybridized carbons (Fsp3) is 0.545. The Morgan fingerprint density at radius 3 is 2.59 bits per heavy atom. The lowest BCUT2D eigenvalue weighted by Gasteiger charge is -2.22. The van der Waals surface area contributed by atoms with E-state index in [1.165, 1.54) is 0 Å². The van der Waals surface area contributed by atoms with Gasteiger partial charge in [-0.2, -0.15) is 0 Å². The number of aromatic nitrogens is 1. The van der Waals surface area contributed by atoms with Crippen molar-refractivity contribution in [2.75, 3.05) is 23.3 Å². The van der Waals surface area contributed by atoms with Crippen LogP contribution in [0.5, 0.6) is 0 Å². The molecule has 0 bridgehead atoms. The number of hydrogen-bond donors (Lipinski definition) is 1. The lowest BCUT2D eigenvalue weighted by molar-refractivity contribution is -0.117. The maximum Gasteiger partial charge on any atom is 0.224 e. The van der Waals surface area contributed by atoms with Crippen molar-refractivity contribution in [3.63, 3.8) is 0 Å². The fourth-order valence-electron chi connectivity index (χ4n) is 3.44. The molecular formula is C22H33N3OS. The Kier molecular flexibility index (Phi) is 7.42. The van der Waals surface area contributed by atoms with Gasteiger partial charge in [0.15, 0.2) is 5.13 Å². The smallest absolute Gasteiger partial charge is 0.224 e. The zero-order valence-electron chi connectivity index (χ0n) is 17.5. The van der Waals surface area contributed by atoms with Gasteiger partial charge in [-0.3, -0.25) is 4.79 Å². The highest BCUT2D eigenvalue weighted by molar-refractivity contribution is 7.14. The molecule has 27 heavy (non-hydrogen) atoms. The highest BCUT2D eigenvalue weighted by Crippen LogP contribution is 2.29. The van der Waals surface area contributed by atoms with Crippen LogP contribution in [0.1, 0.15) is 54.4 Å². The van der Waals surface area contributed by atoms with Gasteiger partial charge in [0.1, 0.15) is 0 Å². The van der Waals surface area contributed by atoms with E-state index in [1.54, 1.807) is 11.3 Å². The normalized spacial score (nSPS) is 12.7. The van der Waals surface area contributed by atoms with Gasteiger partial charge in [0, 0.05) is 36.1 Å². The summed E-state index contributed by atoms with van der Waals surface area (Å²) in [7, 11) is 0. The maximum absolute atomic E-state index is 12.4. The molecule has 0 unspecified atom stereocenters. The predicted molar refractivity (Wildman–Crippen MR) is 118 cm³/mol. The number of carbonyl (C=O) groups excluding carboxylic acids is 1. The molecule has 0 saturated heterocycles. The monoisotopic (exact) mass is 387 g/mol. The van der Waals surface area contributed by atoms with E-state index < -0.39 is 0 Å². The molecule has 1 heterocycles. The first-order chi connectivity index (χ1) is 12.7. The Morgan fingerprint density at radius 1 is 1.26 bits per heavy atom. The summed E-state index contributed by atoms with van der Waals surface area (Å²) in [6, 6.07) is 7.96. The molecule has 1 aromatic heterocycles. The molecule has 148 valence electrons. The number of amides is 1. The molecule has 1 atom stereocenters. The average molecular weight is 388 g/mol. The van der Waals surface area contributed by atoms with E-state index in [2.05, 4.69) is 57.1 Å². The van der Waals surface area contributed by atoms with E-state index in [9.17, 15) is 4.79 Å². The van der Waals surface area contributed by atoms with Crippen LogP contribution in [0.15, 0.2) is 29.6 Å². The SMILES string of the molecule is CCN(CC)c1nc(-c2cccc(NC(=O)C[C@@H](C)CC(C)(C)C)c2)cs1. The molecule has 0 aliphatic carbocycles. The van der Waals surface area contributed by atoms with Crippen molar-refractivity contribution >= 4 is 28.1 Å². The lowest BCUT2D eigenvalue weighted by atomic mass is 9.84. The number of hydrogen-bond acceptors (Lipinski definition) is 4. The molecule has 0 fully saturated rings. The third-order valence-corrected chi connectivity index (χ3v) is 5.36. The Balaban J connectivity index is 2.04. The van der Waals surface area contributed by atoms with Gasteiger partial charge < -0.3 is 10.2 Å². The minimum Gasteiger partial charge on any atom is -0.349 e. The fourth-order valence-corrected chi connectivity index (χ4v) is 4.40. The molecule has 1 N–H and O–H groups in total. The van der Waals surface area contributed by atoms with Crippen LogP contribution in [0.3, 0.4) is 0 Å². The number of anilines is 2. The molecule has 0 aliphatic heterocycles. The molecule has 5 heteroatoms. The molecule has 2 rings (SSSR count). The van der Waals surface area contributed by atoms with Crippen molar-refractivity contribution in [2.24, 2.45) is 11.3 Å². The van der Waals surface area contributed by atoms with Crippen molar-refractivity contribution in [3.05, 3.63) is 29.6 Å². The van der Waals surface area contributed by atoms with Gasteiger partial charge in [0.2, 0.25) is 5.91 Å². The van der Waals surface area contributed by atoms with Crippen LogP contribution in [-0.2, 0) is 4.79 Å². The molecular weight excluding hydrogens is 354 g/mol. The van der Waals surface area contributed by atoms with Crippen molar-refractivity contribution < 1.29 is 4.79 Å². The van der Waals surface area contributed by atoms with Crippen LogP contribution >= 0.6 is 11.3 Å². The first-order valence-electron chi connectivity index (χ1n) is 9.82. The Bertz CT molecular complexity index is 744. The first-order valence-corrected chi connectivity index (χ1v) is 10.7. The van der Waals surface area contributed by atoms with Gasteiger partial charge in [0.05, 0.1) is 5.69 Å². The molecule has 1 amide bonds. The summed E-state index contributed by atoms with van der Waals surface area (Å²) >= 11 is 1.66. The second-order valence-corrected chi connectivity index (χ2v) is 9.23. The number of thiazole rings is 1. The second-order valence-electron chi connectivity index (χ2n) is 8.39. The minimum atomic E-state index is 0.0750. The average Bonchev–Trinajstić information content (AvgIpc) is 3.04. The number of nitrogens with zero attached hydrogens (tertiary/aromatic N) is 2. The molecule has 0 aliphatic rings. The van der Waals surface area contributed by atoms with Crippen LogP contribution in [0.2, 0.25) is 0 Å². The minimum absolute atomic E-state index is 0.0750. The van der Waals surface area contributed by atoms with Gasteiger partial charge >= 0.3 is 0 Å². The largest absolute Gasteiger partial charge is 0.349 e. The Morgan fingerprint density at radius 2 is 1.96 bits per heavy atom. The highest BCUT2D eigenvalue weighted by atomic mass is 32.1. The van der Waals surface area contributed by atoms with E-state index in [1.807, 2.05) is 24.3 Å². The van der Waals surface area contributed by atoms with Crippen LogP contribution in [-0.4, -0.2) is 24.0 Å². The Labute approximate surface area is 168 Å². The predicted octanol–water partition coefficient (Wildman–Crippen LogP) is 6.06. The highest BCUT2D eigenvalue weighted by Gasteiger charge is 2.18. The summed E-state index contributed by atoms with van der Waals surface area (Å²) in [6.07, 6.45) is 1.58. The van der Waals surface area contributed by atoms with Crippen LogP contribution < -0.4 is 10.2 Å². The topological polar surface area (TPSA) is 45.2 Å². The van der Waals surface area contributed by atoms with E-state index in [0.717, 1.165) is 41.6 Å². The maximum atomic E-state index is 12.4. The molecule has 2 aromatic rings. The summed E-state index contributed by atoms with van der Waals surface area (Å²) in [5.74, 6) is 0.439. The summed E-state index contributed by atoms with van der Waals surface area (Å²) in [5.41, 5.74) is 3.06. The van der Waals surface area contributed by atoms with Gasteiger partial charge in [-0.15, -0.1) is 11.3 Å². The zero-order valence-corrected chi connectivity index (χ0v) is 18.3. The zero-order chi connectivity index (χ0) is 20.0. The number of nitrogens with one attached hydrogen (secondary N) is 1.